The first-order valence-electron chi connectivity index (χ1n) is 10.2. The van der Waals surface area contributed by atoms with Crippen LogP contribution in [0.25, 0.3) is 0 Å². The van der Waals surface area contributed by atoms with Gasteiger partial charge in [0.1, 0.15) is 0 Å². The van der Waals surface area contributed by atoms with Crippen molar-refractivity contribution in [3.8, 4) is 0 Å². The van der Waals surface area contributed by atoms with E-state index in [0.717, 1.165) is 12.8 Å². The molecule has 0 amide bonds. The normalized spacial score (nSPS) is 21.2. The molecule has 0 N–H and O–H groups in total. The SMILES string of the molecule is CC(C)=C([O-])OC(C)C.[CH3-].[CH]1[CH][C](CC[C]2[CH][CH][C]3C=CC=C[C]32)[C]2C=CC=C[C]12.[Zr+4]. The van der Waals surface area contributed by atoms with Crippen molar-refractivity contribution in [1.29, 1.82) is 0 Å². The van der Waals surface area contributed by atoms with Crippen LogP contribution in [-0.2, 0) is 30.9 Å². The van der Waals surface area contributed by atoms with Gasteiger partial charge in [-0.3, -0.25) is 0 Å². The molecular weight excluding hydrogens is 460 g/mol. The molecule has 0 aromatic carbocycles. The van der Waals surface area contributed by atoms with Crippen molar-refractivity contribution in [2.45, 2.75) is 46.6 Å². The fourth-order valence-electron chi connectivity index (χ4n) is 3.47. The number of ether oxygens (including phenoxy) is 1. The minimum absolute atomic E-state index is 0. The van der Waals surface area contributed by atoms with Gasteiger partial charge in [0.2, 0.25) is 0 Å². The average molecular weight is 492 g/mol. The Labute approximate surface area is 210 Å². The minimum atomic E-state index is -0.204. The zero-order valence-electron chi connectivity index (χ0n) is 19.2. The molecule has 0 aromatic heterocycles. The van der Waals surface area contributed by atoms with Crippen LogP contribution in [0.1, 0.15) is 40.5 Å². The Hall–Kier alpha value is -0.817. The first-order chi connectivity index (χ1) is 14.0. The van der Waals surface area contributed by atoms with Gasteiger partial charge in [0.25, 0.3) is 0 Å². The van der Waals surface area contributed by atoms with E-state index in [9.17, 15) is 5.11 Å². The Morgan fingerprint density at radius 1 is 0.774 bits per heavy atom. The Kier molecular flexibility index (Phi) is 12.4. The van der Waals surface area contributed by atoms with Crippen LogP contribution in [0.15, 0.2) is 60.1 Å². The van der Waals surface area contributed by atoms with Crippen LogP contribution >= 0.6 is 0 Å². The maximum absolute atomic E-state index is 10.7. The Balaban J connectivity index is 0.000000380. The molecule has 0 saturated heterocycles. The molecule has 2 saturated carbocycles. The first kappa shape index (κ1) is 28.2. The topological polar surface area (TPSA) is 32.3 Å². The summed E-state index contributed by atoms with van der Waals surface area (Å²) in [4.78, 5) is 0. The van der Waals surface area contributed by atoms with Crippen molar-refractivity contribution < 1.29 is 36.0 Å². The van der Waals surface area contributed by atoms with Crippen molar-refractivity contribution in [2.24, 2.45) is 0 Å². The molecule has 4 aliphatic carbocycles. The van der Waals surface area contributed by atoms with E-state index in [1.807, 2.05) is 13.8 Å². The van der Waals surface area contributed by atoms with E-state index in [4.69, 9.17) is 4.74 Å². The van der Waals surface area contributed by atoms with E-state index in [-0.39, 0.29) is 45.7 Å². The molecule has 10 radical (unpaired) electrons. The van der Waals surface area contributed by atoms with Crippen molar-refractivity contribution >= 4 is 0 Å². The number of hydrogen-bond donors (Lipinski definition) is 0. The Morgan fingerprint density at radius 3 is 1.55 bits per heavy atom. The monoisotopic (exact) mass is 490 g/mol. The molecule has 31 heavy (non-hydrogen) atoms. The van der Waals surface area contributed by atoms with E-state index in [2.05, 4.69) is 74.3 Å². The second kappa shape index (κ2) is 13.7. The third kappa shape index (κ3) is 7.92. The average Bonchev–Trinajstić information content (AvgIpc) is 3.30. The molecule has 4 rings (SSSR count). The van der Waals surface area contributed by atoms with Crippen LogP contribution in [0.2, 0.25) is 0 Å². The van der Waals surface area contributed by atoms with Crippen LogP contribution in [0.4, 0.5) is 0 Å². The zero-order valence-corrected chi connectivity index (χ0v) is 21.7. The predicted molar refractivity (Wildman–Crippen MR) is 123 cm³/mol. The van der Waals surface area contributed by atoms with Gasteiger partial charge in [-0.25, -0.2) is 0 Å². The second-order valence-corrected chi connectivity index (χ2v) is 7.85. The van der Waals surface area contributed by atoms with Crippen LogP contribution in [-0.4, -0.2) is 6.10 Å². The standard InChI is InChI=1S/C20H16.C7H14O2.CH3.Zr/c1-3-7-19-15(5-1)9-11-17(19)13-14-18-12-10-16-6-2-4-8-20(16)18;1-5(2)7(8)9-6(3)4;;/h1-12H,13-14H2;6,8H,1-4H3;1H3;/q;;-1;+4/p-1. The van der Waals surface area contributed by atoms with Gasteiger partial charge in [0.15, 0.2) is 0 Å². The summed E-state index contributed by atoms with van der Waals surface area (Å²) in [6, 6.07) is 0. The third-order valence-corrected chi connectivity index (χ3v) is 4.96. The van der Waals surface area contributed by atoms with Crippen LogP contribution in [0.3, 0.4) is 0 Å². The fraction of sp³-hybridized carbons (Fsp3) is 0.250. The Morgan fingerprint density at radius 2 is 1.19 bits per heavy atom. The number of fused-ring (bicyclic) bond motifs is 2. The summed E-state index contributed by atoms with van der Waals surface area (Å²) in [7, 11) is 0. The largest absolute Gasteiger partial charge is 4.00 e. The molecule has 2 nitrogen and oxygen atoms in total. The van der Waals surface area contributed by atoms with Gasteiger partial charge in [-0.15, -0.1) is 0 Å². The molecule has 0 unspecified atom stereocenters. The second-order valence-electron chi connectivity index (χ2n) is 7.85. The maximum atomic E-state index is 10.7. The maximum Gasteiger partial charge on any atom is 4.00 e. The minimum Gasteiger partial charge on any atom is -0.611 e. The zero-order chi connectivity index (χ0) is 20.8. The van der Waals surface area contributed by atoms with Crippen LogP contribution in [0.5, 0.6) is 0 Å². The summed E-state index contributed by atoms with van der Waals surface area (Å²) in [6.45, 7) is 7.15. The van der Waals surface area contributed by atoms with E-state index in [1.165, 1.54) is 35.5 Å². The van der Waals surface area contributed by atoms with Crippen LogP contribution in [0, 0.1) is 68.6 Å². The molecule has 4 aliphatic rings. The summed E-state index contributed by atoms with van der Waals surface area (Å²) in [6.07, 6.45) is 28.5. The molecule has 2 fully saturated rings. The third-order valence-electron chi connectivity index (χ3n) is 4.96. The summed E-state index contributed by atoms with van der Waals surface area (Å²) >= 11 is 0. The molecular formula is C28H32O2Zr+2. The van der Waals surface area contributed by atoms with Crippen molar-refractivity contribution in [3.05, 3.63) is 129 Å². The summed E-state index contributed by atoms with van der Waals surface area (Å²) in [5, 5.41) is 10.7. The van der Waals surface area contributed by atoms with Gasteiger partial charge in [0.05, 0.1) is 5.95 Å². The van der Waals surface area contributed by atoms with Gasteiger partial charge in [-0.1, -0.05) is 68.0 Å². The molecule has 0 bridgehead atoms. The summed E-state index contributed by atoms with van der Waals surface area (Å²) < 4.78 is 4.84. The quantitative estimate of drug-likeness (QED) is 0.361. The summed E-state index contributed by atoms with van der Waals surface area (Å²) in [5.74, 6) is 8.25. The van der Waals surface area contributed by atoms with Gasteiger partial charge in [-0.2, -0.15) is 0 Å². The first-order valence-corrected chi connectivity index (χ1v) is 10.2. The molecule has 0 aromatic rings. The number of hydrogen-bond acceptors (Lipinski definition) is 2. The van der Waals surface area contributed by atoms with E-state index < -0.39 is 0 Å². The van der Waals surface area contributed by atoms with Gasteiger partial charge in [-0.05, 0) is 70.3 Å². The van der Waals surface area contributed by atoms with Crippen molar-refractivity contribution in [3.63, 3.8) is 0 Å². The predicted octanol–water partition coefficient (Wildman–Crippen LogP) is 5.78. The molecule has 0 spiro atoms. The van der Waals surface area contributed by atoms with Gasteiger partial charge in [0, 0.05) is 23.7 Å². The smallest absolute Gasteiger partial charge is 0.611 e. The Bertz CT molecular complexity index is 637. The van der Waals surface area contributed by atoms with E-state index in [1.54, 1.807) is 13.8 Å². The number of allylic oxidation sites excluding steroid dienone is 9. The molecule has 0 heterocycles. The van der Waals surface area contributed by atoms with Gasteiger partial charge >= 0.3 is 26.2 Å². The molecule has 0 aliphatic heterocycles. The van der Waals surface area contributed by atoms with E-state index in [0.29, 0.717) is 5.57 Å². The molecule has 0 atom stereocenters. The van der Waals surface area contributed by atoms with Crippen LogP contribution < -0.4 is 5.11 Å². The van der Waals surface area contributed by atoms with Gasteiger partial charge < -0.3 is 17.3 Å². The molecule has 158 valence electrons. The van der Waals surface area contributed by atoms with E-state index >= 15 is 0 Å². The summed E-state index contributed by atoms with van der Waals surface area (Å²) in [5.41, 5.74) is 0.698. The number of rotatable bonds is 5. The fourth-order valence-corrected chi connectivity index (χ4v) is 3.47. The van der Waals surface area contributed by atoms with Crippen molar-refractivity contribution in [1.82, 2.24) is 0 Å². The molecule has 3 heteroatoms. The van der Waals surface area contributed by atoms with Crippen molar-refractivity contribution in [2.75, 3.05) is 0 Å².